The number of phenolic OH excluding ortho intramolecular Hbond substituents is 1. The summed E-state index contributed by atoms with van der Waals surface area (Å²) in [6.45, 7) is 3.66. The molecule has 0 bridgehead atoms. The number of carboxylic acid groups (broad SMARTS) is 1. The van der Waals surface area contributed by atoms with E-state index in [1.807, 2.05) is 13.8 Å². The Balaban J connectivity index is 3.39. The van der Waals surface area contributed by atoms with Gasteiger partial charge in [0.15, 0.2) is 0 Å². The van der Waals surface area contributed by atoms with Crippen LogP contribution < -0.4 is 5.73 Å². The van der Waals surface area contributed by atoms with E-state index in [9.17, 15) is 9.90 Å². The van der Waals surface area contributed by atoms with Crippen LogP contribution in [0.25, 0.3) is 0 Å². The number of carbonyl (C=O) groups is 1. The third-order valence-corrected chi connectivity index (χ3v) is 3.65. The summed E-state index contributed by atoms with van der Waals surface area (Å²) in [7, 11) is 0. The quantitative estimate of drug-likeness (QED) is 0.793. The van der Waals surface area contributed by atoms with E-state index in [1.165, 1.54) is 0 Å². The van der Waals surface area contributed by atoms with Crippen molar-refractivity contribution in [2.45, 2.75) is 19.8 Å². The molecule has 1 aromatic carbocycles. The van der Waals surface area contributed by atoms with Gasteiger partial charge in [-0.25, -0.2) is 0 Å². The molecule has 5 heteroatoms. The first kappa shape index (κ1) is 13.0. The Bertz CT molecular complexity index is 432. The zero-order valence-corrected chi connectivity index (χ0v) is 10.7. The molecule has 4 nitrogen and oxygen atoms in total. The largest absolute Gasteiger partial charge is 0.506 e. The van der Waals surface area contributed by atoms with Crippen LogP contribution in [0.1, 0.15) is 22.6 Å². The van der Waals surface area contributed by atoms with E-state index in [4.69, 9.17) is 10.8 Å². The van der Waals surface area contributed by atoms with E-state index in [0.717, 1.165) is 11.1 Å². The van der Waals surface area contributed by atoms with Gasteiger partial charge in [0.05, 0.1) is 10.4 Å². The normalized spacial score (nSPS) is 12.5. The predicted molar refractivity (Wildman–Crippen MR) is 64.7 cm³/mol. The van der Waals surface area contributed by atoms with Crippen molar-refractivity contribution in [3.63, 3.8) is 0 Å². The van der Waals surface area contributed by atoms with Crippen molar-refractivity contribution in [3.8, 4) is 5.75 Å². The highest BCUT2D eigenvalue weighted by Gasteiger charge is 2.23. The van der Waals surface area contributed by atoms with Crippen molar-refractivity contribution >= 4 is 21.9 Å². The summed E-state index contributed by atoms with van der Waals surface area (Å²) >= 11 is 3.24. The molecule has 0 saturated carbocycles. The number of hydrogen-bond donors (Lipinski definition) is 3. The molecule has 0 aromatic heterocycles. The van der Waals surface area contributed by atoms with Crippen LogP contribution in [0.15, 0.2) is 10.5 Å². The molecule has 0 radical (unpaired) electrons. The summed E-state index contributed by atoms with van der Waals surface area (Å²) in [4.78, 5) is 11.0. The maximum absolute atomic E-state index is 11.0. The van der Waals surface area contributed by atoms with Gasteiger partial charge in [-0.3, -0.25) is 4.79 Å². The second kappa shape index (κ2) is 4.84. The first-order valence-electron chi connectivity index (χ1n) is 4.81. The number of rotatable bonds is 3. The number of hydrogen-bond acceptors (Lipinski definition) is 3. The van der Waals surface area contributed by atoms with E-state index in [-0.39, 0.29) is 12.3 Å². The summed E-state index contributed by atoms with van der Waals surface area (Å²) in [5.41, 5.74) is 7.56. The van der Waals surface area contributed by atoms with Crippen molar-refractivity contribution in [2.24, 2.45) is 5.73 Å². The van der Waals surface area contributed by atoms with Crippen LogP contribution in [0.5, 0.6) is 5.75 Å². The lowest BCUT2D eigenvalue weighted by molar-refractivity contribution is -0.138. The van der Waals surface area contributed by atoms with E-state index in [0.29, 0.717) is 10.0 Å². The highest BCUT2D eigenvalue weighted by atomic mass is 79.9. The minimum atomic E-state index is -1.03. The molecule has 0 amide bonds. The molecule has 0 spiro atoms. The second-order valence-electron chi connectivity index (χ2n) is 3.70. The summed E-state index contributed by atoms with van der Waals surface area (Å²) in [6, 6.07) is 1.67. The number of halogens is 1. The molecular formula is C11H14BrNO3. The Labute approximate surface area is 102 Å². The van der Waals surface area contributed by atoms with Gasteiger partial charge in [-0.2, -0.15) is 0 Å². The van der Waals surface area contributed by atoms with E-state index in [2.05, 4.69) is 15.9 Å². The van der Waals surface area contributed by atoms with Gasteiger partial charge < -0.3 is 15.9 Å². The second-order valence-corrected chi connectivity index (χ2v) is 4.49. The molecular weight excluding hydrogens is 274 g/mol. The van der Waals surface area contributed by atoms with Gasteiger partial charge in [-0.1, -0.05) is 6.07 Å². The highest BCUT2D eigenvalue weighted by molar-refractivity contribution is 9.10. The zero-order valence-electron chi connectivity index (χ0n) is 9.12. The van der Waals surface area contributed by atoms with Gasteiger partial charge in [-0.15, -0.1) is 0 Å². The summed E-state index contributed by atoms with van der Waals surface area (Å²) in [5, 5.41) is 18.9. The Kier molecular flexibility index (Phi) is 3.93. The van der Waals surface area contributed by atoms with E-state index in [1.54, 1.807) is 6.07 Å². The minimum Gasteiger partial charge on any atom is -0.506 e. The van der Waals surface area contributed by atoms with Gasteiger partial charge in [0.2, 0.25) is 0 Å². The molecule has 1 rings (SSSR count). The van der Waals surface area contributed by atoms with Gasteiger partial charge >= 0.3 is 5.97 Å². The predicted octanol–water partition coefficient (Wildman–Crippen LogP) is 1.90. The van der Waals surface area contributed by atoms with Gasteiger partial charge in [-0.05, 0) is 40.9 Å². The summed E-state index contributed by atoms with van der Waals surface area (Å²) in [5.74, 6) is -1.95. The number of aryl methyl sites for hydroxylation is 1. The van der Waals surface area contributed by atoms with Crippen LogP contribution in [0.4, 0.5) is 0 Å². The minimum absolute atomic E-state index is 0.0408. The smallest absolute Gasteiger partial charge is 0.312 e. The molecule has 0 aliphatic rings. The average molecular weight is 288 g/mol. The molecule has 4 N–H and O–H groups in total. The number of phenols is 1. The number of benzene rings is 1. The van der Waals surface area contributed by atoms with Crippen LogP contribution in [0.2, 0.25) is 0 Å². The number of nitrogens with two attached hydrogens (primary N) is 1. The maximum Gasteiger partial charge on any atom is 0.312 e. The molecule has 0 aliphatic heterocycles. The summed E-state index contributed by atoms with van der Waals surface area (Å²) < 4.78 is 0.530. The van der Waals surface area contributed by atoms with Gasteiger partial charge in [0.25, 0.3) is 0 Å². The number of carboxylic acids is 1. The highest BCUT2D eigenvalue weighted by Crippen LogP contribution is 2.37. The van der Waals surface area contributed by atoms with Gasteiger partial charge in [0.1, 0.15) is 5.75 Å². The topological polar surface area (TPSA) is 83.6 Å². The standard InChI is InChI=1S/C11H14BrNO3/c1-5-3-7(8(4-13)11(15)16)10(14)9(12)6(5)2/h3,8,14H,4,13H2,1-2H3,(H,15,16). The maximum atomic E-state index is 11.0. The summed E-state index contributed by atoms with van der Waals surface area (Å²) in [6.07, 6.45) is 0. The van der Waals surface area contributed by atoms with Crippen LogP contribution in [-0.4, -0.2) is 22.7 Å². The fourth-order valence-electron chi connectivity index (χ4n) is 1.51. The zero-order chi connectivity index (χ0) is 12.5. The third kappa shape index (κ3) is 2.20. The molecule has 88 valence electrons. The molecule has 1 aromatic rings. The fourth-order valence-corrected chi connectivity index (χ4v) is 2.06. The fraction of sp³-hybridized carbons (Fsp3) is 0.364. The molecule has 0 aliphatic carbocycles. The average Bonchev–Trinajstić information content (AvgIpc) is 2.23. The molecule has 0 fully saturated rings. The van der Waals surface area contributed by atoms with Crippen molar-refractivity contribution < 1.29 is 15.0 Å². The van der Waals surface area contributed by atoms with Gasteiger partial charge in [0, 0.05) is 12.1 Å². The molecule has 0 saturated heterocycles. The van der Waals surface area contributed by atoms with Crippen LogP contribution >= 0.6 is 15.9 Å². The third-order valence-electron chi connectivity index (χ3n) is 2.68. The van der Waals surface area contributed by atoms with Crippen molar-refractivity contribution in [3.05, 3.63) is 27.2 Å². The van der Waals surface area contributed by atoms with Crippen LogP contribution in [-0.2, 0) is 4.79 Å². The van der Waals surface area contributed by atoms with E-state index >= 15 is 0 Å². The Hall–Kier alpha value is -1.07. The lowest BCUT2D eigenvalue weighted by atomic mass is 9.94. The lowest BCUT2D eigenvalue weighted by Gasteiger charge is -2.16. The van der Waals surface area contributed by atoms with Crippen LogP contribution in [0, 0.1) is 13.8 Å². The molecule has 1 atom stereocenters. The van der Waals surface area contributed by atoms with Crippen molar-refractivity contribution in [1.29, 1.82) is 0 Å². The molecule has 1 unspecified atom stereocenters. The van der Waals surface area contributed by atoms with E-state index < -0.39 is 11.9 Å². The Morgan fingerprint density at radius 3 is 2.56 bits per heavy atom. The van der Waals surface area contributed by atoms with Crippen molar-refractivity contribution in [1.82, 2.24) is 0 Å². The Morgan fingerprint density at radius 2 is 2.12 bits per heavy atom. The van der Waals surface area contributed by atoms with Crippen LogP contribution in [0.3, 0.4) is 0 Å². The Morgan fingerprint density at radius 1 is 1.56 bits per heavy atom. The number of aliphatic carboxylic acids is 1. The van der Waals surface area contributed by atoms with Crippen molar-refractivity contribution in [2.75, 3.05) is 6.54 Å². The number of aromatic hydroxyl groups is 1. The lowest BCUT2D eigenvalue weighted by Crippen LogP contribution is -2.21. The first-order valence-corrected chi connectivity index (χ1v) is 5.60. The molecule has 0 heterocycles. The SMILES string of the molecule is Cc1cc(C(CN)C(=O)O)c(O)c(Br)c1C. The first-order chi connectivity index (χ1) is 7.40. The molecule has 16 heavy (non-hydrogen) atoms. The monoisotopic (exact) mass is 287 g/mol.